The maximum Gasteiger partial charge on any atom is 0.321 e. The Morgan fingerprint density at radius 1 is 1.45 bits per heavy atom. The summed E-state index contributed by atoms with van der Waals surface area (Å²) >= 11 is 0. The zero-order chi connectivity index (χ0) is 15.0. The lowest BCUT2D eigenvalue weighted by Gasteiger charge is -2.31. The third-order valence-electron chi connectivity index (χ3n) is 2.65. The summed E-state index contributed by atoms with van der Waals surface area (Å²) in [5.74, 6) is -1.38. The number of carbonyl (C=O) groups is 3. The molecule has 8 heteroatoms. The second-order valence-corrected chi connectivity index (χ2v) is 4.37. The van der Waals surface area contributed by atoms with E-state index < -0.39 is 24.0 Å². The van der Waals surface area contributed by atoms with Crippen LogP contribution in [0, 0.1) is 0 Å². The Morgan fingerprint density at radius 3 is 2.85 bits per heavy atom. The molecule has 112 valence electrons. The summed E-state index contributed by atoms with van der Waals surface area (Å²) < 4.78 is 5.29. The molecule has 1 fully saturated rings. The highest BCUT2D eigenvalue weighted by Gasteiger charge is 2.24. The molecule has 0 radical (unpaired) electrons. The first-order valence-electron chi connectivity index (χ1n) is 6.25. The number of imide groups is 1. The van der Waals surface area contributed by atoms with Crippen LogP contribution in [0.5, 0.6) is 0 Å². The number of rotatable bonds is 6. The molecule has 8 nitrogen and oxygen atoms in total. The van der Waals surface area contributed by atoms with E-state index in [1.165, 1.54) is 6.08 Å². The van der Waals surface area contributed by atoms with Crippen LogP contribution in [0.3, 0.4) is 0 Å². The molecule has 0 aromatic heterocycles. The van der Waals surface area contributed by atoms with Gasteiger partial charge in [-0.3, -0.25) is 19.8 Å². The number of urea groups is 1. The van der Waals surface area contributed by atoms with E-state index in [0.29, 0.717) is 19.7 Å². The van der Waals surface area contributed by atoms with Gasteiger partial charge >= 0.3 is 12.0 Å². The topological polar surface area (TPSA) is 108 Å². The van der Waals surface area contributed by atoms with Crippen molar-refractivity contribution >= 4 is 17.9 Å². The first-order valence-corrected chi connectivity index (χ1v) is 6.25. The maximum atomic E-state index is 11.6. The molecule has 1 rings (SSSR count). The highest BCUT2D eigenvalue weighted by molar-refractivity contribution is 5.95. The van der Waals surface area contributed by atoms with E-state index in [4.69, 9.17) is 9.84 Å². The maximum absolute atomic E-state index is 11.6. The third-order valence-corrected chi connectivity index (χ3v) is 2.65. The van der Waals surface area contributed by atoms with Crippen LogP contribution < -0.4 is 10.6 Å². The van der Waals surface area contributed by atoms with E-state index in [2.05, 4.69) is 17.2 Å². The molecule has 0 aromatic rings. The smallest absolute Gasteiger partial charge is 0.321 e. The number of morpholine rings is 1. The molecule has 0 bridgehead atoms. The second-order valence-electron chi connectivity index (χ2n) is 4.37. The lowest BCUT2D eigenvalue weighted by Crippen LogP contribution is -2.49. The molecular formula is C12H19N3O5. The fourth-order valence-corrected chi connectivity index (χ4v) is 1.82. The highest BCUT2D eigenvalue weighted by Crippen LogP contribution is 2.08. The van der Waals surface area contributed by atoms with Gasteiger partial charge in [0.25, 0.3) is 0 Å². The van der Waals surface area contributed by atoms with E-state index >= 15 is 0 Å². The van der Waals surface area contributed by atoms with Crippen LogP contribution >= 0.6 is 0 Å². The first-order chi connectivity index (χ1) is 9.51. The number of aliphatic carboxylic acids is 1. The van der Waals surface area contributed by atoms with E-state index in [-0.39, 0.29) is 19.5 Å². The van der Waals surface area contributed by atoms with Gasteiger partial charge in [0.2, 0.25) is 5.91 Å². The molecule has 0 spiro atoms. The average Bonchev–Trinajstić information content (AvgIpc) is 2.35. The standard InChI is InChI=1S/C12H19N3O5/c1-2-3-13-12(19)14-10(16)8-15-4-5-20-9(7-15)6-11(17)18/h2,9H,1,3-8H2,(H,17,18)(H2,13,14,16,19). The average molecular weight is 285 g/mol. The van der Waals surface area contributed by atoms with Crippen molar-refractivity contribution in [2.75, 3.05) is 32.8 Å². The Morgan fingerprint density at radius 2 is 2.20 bits per heavy atom. The molecule has 3 N–H and O–H groups in total. The summed E-state index contributed by atoms with van der Waals surface area (Å²) in [6.45, 7) is 4.99. The van der Waals surface area contributed by atoms with Gasteiger partial charge in [0.1, 0.15) is 0 Å². The number of carbonyl (C=O) groups excluding carboxylic acids is 2. The number of nitrogens with zero attached hydrogens (tertiary/aromatic N) is 1. The molecule has 0 saturated carbocycles. The first kappa shape index (κ1) is 16.1. The summed E-state index contributed by atoms with van der Waals surface area (Å²) in [4.78, 5) is 35.2. The molecule has 1 atom stereocenters. The van der Waals surface area contributed by atoms with Gasteiger partial charge in [-0.15, -0.1) is 6.58 Å². The van der Waals surface area contributed by atoms with E-state index in [0.717, 1.165) is 0 Å². The second kappa shape index (κ2) is 8.28. The summed E-state index contributed by atoms with van der Waals surface area (Å²) in [6, 6.07) is -0.578. The van der Waals surface area contributed by atoms with Crippen LogP contribution in [0.1, 0.15) is 6.42 Å². The monoisotopic (exact) mass is 285 g/mol. The number of hydrogen-bond acceptors (Lipinski definition) is 5. The molecule has 1 aliphatic heterocycles. The number of ether oxygens (including phenoxy) is 1. The molecule has 0 aliphatic carbocycles. The molecule has 0 aromatic carbocycles. The number of carboxylic acids is 1. The summed E-state index contributed by atoms with van der Waals surface area (Å²) in [5, 5.41) is 13.3. The molecule has 1 heterocycles. The van der Waals surface area contributed by atoms with Crippen LogP contribution in [-0.4, -0.2) is 66.8 Å². The SMILES string of the molecule is C=CCNC(=O)NC(=O)CN1CCOC(CC(=O)O)C1. The Labute approximate surface area is 116 Å². The van der Waals surface area contributed by atoms with Gasteiger partial charge in [0.15, 0.2) is 0 Å². The van der Waals surface area contributed by atoms with Gasteiger partial charge in [0, 0.05) is 19.6 Å². The molecule has 3 amide bonds. The van der Waals surface area contributed by atoms with Crippen molar-refractivity contribution in [3.63, 3.8) is 0 Å². The van der Waals surface area contributed by atoms with Crippen LogP contribution in [-0.2, 0) is 14.3 Å². The molecule has 20 heavy (non-hydrogen) atoms. The summed E-state index contributed by atoms with van der Waals surface area (Å²) in [5.41, 5.74) is 0. The molecular weight excluding hydrogens is 266 g/mol. The quantitative estimate of drug-likeness (QED) is 0.550. The number of amides is 3. The lowest BCUT2D eigenvalue weighted by atomic mass is 10.2. The Hall–Kier alpha value is -1.93. The van der Waals surface area contributed by atoms with E-state index in [1.54, 1.807) is 4.90 Å². The number of carboxylic acid groups (broad SMARTS) is 1. The predicted molar refractivity (Wildman–Crippen MR) is 70.2 cm³/mol. The largest absolute Gasteiger partial charge is 0.481 e. The minimum Gasteiger partial charge on any atom is -0.481 e. The fraction of sp³-hybridized carbons (Fsp3) is 0.583. The van der Waals surface area contributed by atoms with Crippen molar-refractivity contribution in [1.29, 1.82) is 0 Å². The lowest BCUT2D eigenvalue weighted by molar-refractivity contribution is -0.142. The summed E-state index contributed by atoms with van der Waals surface area (Å²) in [7, 11) is 0. The van der Waals surface area contributed by atoms with Gasteiger partial charge in [-0.25, -0.2) is 4.79 Å². The van der Waals surface area contributed by atoms with E-state index in [1.807, 2.05) is 0 Å². The van der Waals surface area contributed by atoms with Gasteiger partial charge in [-0.05, 0) is 0 Å². The molecule has 1 saturated heterocycles. The van der Waals surface area contributed by atoms with Gasteiger partial charge < -0.3 is 15.2 Å². The summed E-state index contributed by atoms with van der Waals surface area (Å²) in [6.07, 6.45) is 0.976. The zero-order valence-electron chi connectivity index (χ0n) is 11.1. The van der Waals surface area contributed by atoms with E-state index in [9.17, 15) is 14.4 Å². The Bertz CT molecular complexity index is 385. The van der Waals surface area contributed by atoms with Gasteiger partial charge in [0.05, 0.1) is 25.7 Å². The number of hydrogen-bond donors (Lipinski definition) is 3. The van der Waals surface area contributed by atoms with Gasteiger partial charge in [-0.2, -0.15) is 0 Å². The normalized spacial score (nSPS) is 19.1. The highest BCUT2D eigenvalue weighted by atomic mass is 16.5. The Balaban J connectivity index is 2.32. The van der Waals surface area contributed by atoms with Crippen molar-refractivity contribution in [3.8, 4) is 0 Å². The third kappa shape index (κ3) is 6.30. The van der Waals surface area contributed by atoms with Gasteiger partial charge in [-0.1, -0.05) is 6.08 Å². The van der Waals surface area contributed by atoms with Crippen LogP contribution in [0.15, 0.2) is 12.7 Å². The van der Waals surface area contributed by atoms with Crippen molar-refractivity contribution in [2.24, 2.45) is 0 Å². The van der Waals surface area contributed by atoms with Crippen molar-refractivity contribution in [3.05, 3.63) is 12.7 Å². The van der Waals surface area contributed by atoms with Crippen molar-refractivity contribution in [1.82, 2.24) is 15.5 Å². The van der Waals surface area contributed by atoms with Crippen LogP contribution in [0.4, 0.5) is 4.79 Å². The zero-order valence-corrected chi connectivity index (χ0v) is 11.1. The van der Waals surface area contributed by atoms with Crippen LogP contribution in [0.2, 0.25) is 0 Å². The fourth-order valence-electron chi connectivity index (χ4n) is 1.82. The van der Waals surface area contributed by atoms with Crippen molar-refractivity contribution < 1.29 is 24.2 Å². The molecule has 1 aliphatic rings. The minimum atomic E-state index is -0.940. The van der Waals surface area contributed by atoms with Crippen LogP contribution in [0.25, 0.3) is 0 Å². The Kier molecular flexibility index (Phi) is 6.68. The molecule has 1 unspecified atom stereocenters. The van der Waals surface area contributed by atoms with Crippen molar-refractivity contribution in [2.45, 2.75) is 12.5 Å². The predicted octanol–water partition coefficient (Wildman–Crippen LogP) is -0.826. The minimum absolute atomic E-state index is 0.0288. The number of nitrogens with one attached hydrogen (secondary N) is 2.